The third-order valence-corrected chi connectivity index (χ3v) is 8.02. The van der Waals surface area contributed by atoms with E-state index in [0.29, 0.717) is 17.0 Å². The van der Waals surface area contributed by atoms with Crippen LogP contribution in [0.4, 0.5) is 13.2 Å². The number of hydrazine groups is 1. The molecule has 42 heavy (non-hydrogen) atoms. The molecule has 2 aromatic rings. The first-order valence-corrected chi connectivity index (χ1v) is 13.7. The summed E-state index contributed by atoms with van der Waals surface area (Å²) < 4.78 is 38.7. The van der Waals surface area contributed by atoms with E-state index in [1.807, 2.05) is 0 Å². The standard InChI is InChI=1S/C26H26F3N5O7S/c1-13-21(42-24(30-13)14-4-6-15(7-5-14)26(27,28)29)23(40)32-17-8-9-19(36)33-10-2-3-18(34(33)25(17)41)22(39)31-16(12-35)11-20(37)38/h4-7,12,16-18H,2-3,8-11H2,1H3,(H,31,39)(H,32,40)(H,37,38). The number of carboxylic acids is 1. The first-order valence-electron chi connectivity index (χ1n) is 12.9. The fraction of sp³-hybridized carbons (Fsp3) is 0.423. The topological polar surface area (TPSA) is 166 Å². The molecule has 224 valence electrons. The van der Waals surface area contributed by atoms with Gasteiger partial charge in [0.05, 0.1) is 23.7 Å². The van der Waals surface area contributed by atoms with E-state index in [9.17, 15) is 41.9 Å². The quantitative estimate of drug-likeness (QED) is 0.382. The number of rotatable bonds is 8. The average molecular weight is 610 g/mol. The second-order valence-electron chi connectivity index (χ2n) is 9.78. The van der Waals surface area contributed by atoms with Gasteiger partial charge in [0.15, 0.2) is 0 Å². The Labute approximate surface area is 240 Å². The summed E-state index contributed by atoms with van der Waals surface area (Å²) in [7, 11) is 0. The van der Waals surface area contributed by atoms with Crippen molar-refractivity contribution in [1.82, 2.24) is 25.6 Å². The zero-order chi connectivity index (χ0) is 30.8. The number of carbonyl (C=O) groups excluding carboxylic acids is 5. The normalized spacial score (nSPS) is 19.9. The Morgan fingerprint density at radius 3 is 2.50 bits per heavy atom. The molecule has 2 aliphatic heterocycles. The Balaban J connectivity index is 1.53. The van der Waals surface area contributed by atoms with E-state index in [4.69, 9.17) is 5.11 Å². The highest BCUT2D eigenvalue weighted by atomic mass is 32.1. The summed E-state index contributed by atoms with van der Waals surface area (Å²) in [4.78, 5) is 79.4. The van der Waals surface area contributed by atoms with Crippen molar-refractivity contribution >= 4 is 47.2 Å². The van der Waals surface area contributed by atoms with E-state index in [1.165, 1.54) is 19.1 Å². The van der Waals surface area contributed by atoms with Crippen LogP contribution in [0.15, 0.2) is 24.3 Å². The number of fused-ring (bicyclic) bond motifs is 1. The van der Waals surface area contributed by atoms with Gasteiger partial charge in [-0.25, -0.2) is 9.99 Å². The van der Waals surface area contributed by atoms with E-state index < -0.39 is 65.9 Å². The fourth-order valence-electron chi connectivity index (χ4n) is 4.76. The van der Waals surface area contributed by atoms with Crippen molar-refractivity contribution in [3.8, 4) is 10.6 Å². The Bertz CT molecular complexity index is 1410. The van der Waals surface area contributed by atoms with Crippen molar-refractivity contribution in [2.24, 2.45) is 0 Å². The van der Waals surface area contributed by atoms with Crippen molar-refractivity contribution in [3.05, 3.63) is 40.4 Å². The molecule has 1 aromatic heterocycles. The molecule has 3 unspecified atom stereocenters. The number of benzene rings is 1. The SMILES string of the molecule is Cc1nc(-c2ccc(C(F)(F)F)cc2)sc1C(=O)NC1CCC(=O)N2CCCC(C(=O)NC(C=O)CC(=O)O)N2C1=O. The molecule has 2 fully saturated rings. The number of nitrogens with one attached hydrogen (secondary N) is 2. The number of thiazole rings is 1. The maximum Gasteiger partial charge on any atom is 0.416 e. The van der Waals surface area contributed by atoms with E-state index in [0.717, 1.165) is 33.5 Å². The van der Waals surface area contributed by atoms with Crippen LogP contribution in [0.2, 0.25) is 0 Å². The van der Waals surface area contributed by atoms with Crippen molar-refractivity contribution < 1.29 is 47.0 Å². The first-order chi connectivity index (χ1) is 19.8. The summed E-state index contributed by atoms with van der Waals surface area (Å²) in [6.45, 7) is 1.68. The summed E-state index contributed by atoms with van der Waals surface area (Å²) >= 11 is 0.920. The number of carbonyl (C=O) groups is 6. The zero-order valence-corrected chi connectivity index (χ0v) is 23.0. The maximum absolute atomic E-state index is 13.6. The molecule has 0 spiro atoms. The molecule has 12 nitrogen and oxygen atoms in total. The summed E-state index contributed by atoms with van der Waals surface area (Å²) in [5.74, 6) is -4.01. The van der Waals surface area contributed by atoms with Gasteiger partial charge in [0.1, 0.15) is 28.3 Å². The van der Waals surface area contributed by atoms with Crippen LogP contribution in [0.25, 0.3) is 10.6 Å². The molecular formula is C26H26F3N5O7S. The monoisotopic (exact) mass is 609 g/mol. The Morgan fingerprint density at radius 1 is 1.19 bits per heavy atom. The zero-order valence-electron chi connectivity index (χ0n) is 22.1. The third kappa shape index (κ3) is 6.58. The number of aryl methyl sites for hydroxylation is 1. The molecule has 16 heteroatoms. The van der Waals surface area contributed by atoms with Gasteiger partial charge in [-0.2, -0.15) is 13.2 Å². The number of halogens is 3. The molecule has 2 aliphatic rings. The van der Waals surface area contributed by atoms with Gasteiger partial charge in [-0.3, -0.25) is 29.0 Å². The van der Waals surface area contributed by atoms with Gasteiger partial charge in [-0.1, -0.05) is 12.1 Å². The number of carboxylic acid groups (broad SMARTS) is 1. The molecule has 0 saturated carbocycles. The number of aromatic nitrogens is 1. The van der Waals surface area contributed by atoms with Crippen molar-refractivity contribution in [3.63, 3.8) is 0 Å². The molecular weight excluding hydrogens is 583 g/mol. The molecule has 0 radical (unpaired) electrons. The second kappa shape index (κ2) is 12.3. The molecule has 0 aliphatic carbocycles. The first kappa shape index (κ1) is 30.6. The molecule has 4 rings (SSSR count). The van der Waals surface area contributed by atoms with E-state index in [1.54, 1.807) is 0 Å². The minimum atomic E-state index is -4.51. The van der Waals surface area contributed by atoms with Gasteiger partial charge >= 0.3 is 12.1 Å². The lowest BCUT2D eigenvalue weighted by molar-refractivity contribution is -0.176. The summed E-state index contributed by atoms with van der Waals surface area (Å²) in [5, 5.41) is 16.3. The highest BCUT2D eigenvalue weighted by Crippen LogP contribution is 2.33. The largest absolute Gasteiger partial charge is 0.481 e. The highest BCUT2D eigenvalue weighted by molar-refractivity contribution is 7.17. The maximum atomic E-state index is 13.6. The van der Waals surface area contributed by atoms with Gasteiger partial charge in [0.2, 0.25) is 11.8 Å². The number of hydrogen-bond donors (Lipinski definition) is 3. The molecule has 1 aromatic carbocycles. The molecule has 0 bridgehead atoms. The van der Waals surface area contributed by atoms with Gasteiger partial charge in [-0.05, 0) is 38.3 Å². The molecule has 4 amide bonds. The number of hydrogen-bond acceptors (Lipinski definition) is 8. The van der Waals surface area contributed by atoms with Gasteiger partial charge in [-0.15, -0.1) is 11.3 Å². The lowest BCUT2D eigenvalue weighted by Gasteiger charge is -2.43. The Hall–Kier alpha value is -4.34. The van der Waals surface area contributed by atoms with Crippen molar-refractivity contribution in [2.45, 2.75) is 63.3 Å². The van der Waals surface area contributed by atoms with Crippen molar-refractivity contribution in [1.29, 1.82) is 0 Å². The molecule has 3 atom stereocenters. The average Bonchev–Trinajstić information content (AvgIpc) is 3.29. The van der Waals surface area contributed by atoms with Crippen LogP contribution in [0.3, 0.4) is 0 Å². The van der Waals surface area contributed by atoms with Crippen LogP contribution in [0.1, 0.15) is 53.0 Å². The number of amides is 4. The van der Waals surface area contributed by atoms with Crippen LogP contribution in [0.5, 0.6) is 0 Å². The Morgan fingerprint density at radius 2 is 1.88 bits per heavy atom. The minimum absolute atomic E-state index is 0.0651. The highest BCUT2D eigenvalue weighted by Gasteiger charge is 2.45. The van der Waals surface area contributed by atoms with Crippen LogP contribution in [-0.4, -0.2) is 80.7 Å². The fourth-order valence-corrected chi connectivity index (χ4v) is 5.74. The minimum Gasteiger partial charge on any atom is -0.481 e. The number of aldehydes is 1. The van der Waals surface area contributed by atoms with Gasteiger partial charge in [0, 0.05) is 18.5 Å². The summed E-state index contributed by atoms with van der Waals surface area (Å²) in [5.41, 5.74) is -0.193. The van der Waals surface area contributed by atoms with Crippen LogP contribution >= 0.6 is 11.3 Å². The second-order valence-corrected chi connectivity index (χ2v) is 10.8. The van der Waals surface area contributed by atoms with Gasteiger partial charge in [0.25, 0.3) is 11.8 Å². The lowest BCUT2D eigenvalue weighted by atomic mass is 10.0. The van der Waals surface area contributed by atoms with E-state index >= 15 is 0 Å². The molecule has 2 saturated heterocycles. The number of alkyl halides is 3. The number of nitrogens with zero attached hydrogens (tertiary/aromatic N) is 3. The molecule has 3 N–H and O–H groups in total. The lowest BCUT2D eigenvalue weighted by Crippen LogP contribution is -2.64. The molecule has 3 heterocycles. The van der Waals surface area contributed by atoms with Gasteiger partial charge < -0.3 is 20.5 Å². The predicted molar refractivity (Wildman–Crippen MR) is 140 cm³/mol. The van der Waals surface area contributed by atoms with Crippen LogP contribution in [-0.2, 0) is 30.1 Å². The van der Waals surface area contributed by atoms with E-state index in [2.05, 4.69) is 15.6 Å². The van der Waals surface area contributed by atoms with E-state index in [-0.39, 0.29) is 42.7 Å². The van der Waals surface area contributed by atoms with Crippen LogP contribution in [0, 0.1) is 6.92 Å². The van der Waals surface area contributed by atoms with Crippen LogP contribution < -0.4 is 10.6 Å². The summed E-state index contributed by atoms with van der Waals surface area (Å²) in [6.07, 6.45) is -4.60. The van der Waals surface area contributed by atoms with Crippen molar-refractivity contribution in [2.75, 3.05) is 6.54 Å². The summed E-state index contributed by atoms with van der Waals surface area (Å²) in [6, 6.07) is 0.519. The predicted octanol–water partition coefficient (Wildman–Crippen LogP) is 1.92. The smallest absolute Gasteiger partial charge is 0.416 e. The third-order valence-electron chi connectivity index (χ3n) is 6.82. The number of aliphatic carboxylic acids is 1. The Kier molecular flexibility index (Phi) is 8.94.